The minimum Gasteiger partial charge on any atom is -0.507 e. The number of carbonyl (C=O) groups is 1. The molecule has 1 unspecified atom stereocenters. The van der Waals surface area contributed by atoms with Crippen molar-refractivity contribution < 1.29 is 19.4 Å². The molecule has 36 heavy (non-hydrogen) atoms. The molecule has 6 heteroatoms. The van der Waals surface area contributed by atoms with Crippen LogP contribution in [0.3, 0.4) is 0 Å². The highest BCUT2D eigenvalue weighted by atomic mass is 16.5. The van der Waals surface area contributed by atoms with Crippen LogP contribution in [0.5, 0.6) is 11.5 Å². The number of aliphatic hydroxyl groups is 1. The molecule has 3 aromatic rings. The number of benzene rings is 3. The van der Waals surface area contributed by atoms with E-state index in [2.05, 4.69) is 0 Å². The van der Waals surface area contributed by atoms with E-state index in [1.807, 2.05) is 59.5 Å². The first-order chi connectivity index (χ1) is 17.5. The van der Waals surface area contributed by atoms with E-state index in [1.165, 1.54) is 0 Å². The molecule has 0 bridgehead atoms. The molecule has 1 atom stereocenters. The Labute approximate surface area is 210 Å². The second-order valence-electron chi connectivity index (χ2n) is 8.83. The fourth-order valence-electron chi connectivity index (χ4n) is 5.18. The molecule has 1 aliphatic carbocycles. The summed E-state index contributed by atoms with van der Waals surface area (Å²) in [4.78, 5) is 15.4. The second-order valence-corrected chi connectivity index (χ2v) is 8.83. The number of nitrogens with zero attached hydrogens (tertiary/aromatic N) is 1. The summed E-state index contributed by atoms with van der Waals surface area (Å²) in [5.74, 6) is 0.577. The number of rotatable bonds is 5. The summed E-state index contributed by atoms with van der Waals surface area (Å²) in [5.41, 5.74) is 3.76. The zero-order valence-electron chi connectivity index (χ0n) is 20.3. The SMILES string of the molecule is COc1ccc(OC)c(C2C3=C(CCCC3=O)N(c3ccccc3)C(=N)/C2=C(/O)c2ccccc2)c1. The van der Waals surface area contributed by atoms with E-state index in [9.17, 15) is 15.3 Å². The number of aliphatic hydroxyl groups excluding tert-OH is 1. The van der Waals surface area contributed by atoms with Gasteiger partial charge in [-0.15, -0.1) is 0 Å². The number of nitrogens with one attached hydrogen (secondary N) is 1. The van der Waals surface area contributed by atoms with Gasteiger partial charge >= 0.3 is 0 Å². The minimum atomic E-state index is -0.689. The maximum absolute atomic E-state index is 13.6. The number of amidine groups is 1. The number of hydrogen-bond acceptors (Lipinski definition) is 5. The number of ether oxygens (including phenoxy) is 2. The molecule has 0 aromatic heterocycles. The standard InChI is InChI=1S/C30H28N2O4/c1-35-21-16-17-25(36-2)22(18-21)26-27-23(14-9-15-24(27)33)32(20-12-7-4-8-13-20)30(31)28(26)29(34)19-10-5-3-6-11-19/h3-8,10-13,16-18,26,31,34H,9,14-15H2,1-2H3/b29-28+,31-30?. The Morgan fingerprint density at radius 1 is 0.944 bits per heavy atom. The molecule has 1 aliphatic heterocycles. The summed E-state index contributed by atoms with van der Waals surface area (Å²) in [5, 5.41) is 21.1. The number of hydrogen-bond donors (Lipinski definition) is 2. The van der Waals surface area contributed by atoms with Gasteiger partial charge in [-0.25, -0.2) is 0 Å². The fourth-order valence-corrected chi connectivity index (χ4v) is 5.18. The van der Waals surface area contributed by atoms with E-state index in [0.717, 1.165) is 11.4 Å². The number of methoxy groups -OCH3 is 2. The third-order valence-corrected chi connectivity index (χ3v) is 6.82. The maximum Gasteiger partial charge on any atom is 0.161 e. The van der Waals surface area contributed by atoms with Crippen LogP contribution in [0.4, 0.5) is 5.69 Å². The van der Waals surface area contributed by atoms with Crippen LogP contribution >= 0.6 is 0 Å². The van der Waals surface area contributed by atoms with Crippen molar-refractivity contribution in [1.82, 2.24) is 0 Å². The minimum absolute atomic E-state index is 0.0120. The Morgan fingerprint density at radius 2 is 1.64 bits per heavy atom. The predicted octanol–water partition coefficient (Wildman–Crippen LogP) is 6.26. The normalized spacial score (nSPS) is 19.2. The smallest absolute Gasteiger partial charge is 0.161 e. The first-order valence-corrected chi connectivity index (χ1v) is 12.0. The van der Waals surface area contributed by atoms with Crippen LogP contribution < -0.4 is 14.4 Å². The Balaban J connectivity index is 1.87. The van der Waals surface area contributed by atoms with Crippen molar-refractivity contribution in [2.45, 2.75) is 25.2 Å². The molecule has 3 aromatic carbocycles. The Morgan fingerprint density at radius 3 is 2.31 bits per heavy atom. The molecule has 182 valence electrons. The van der Waals surface area contributed by atoms with Crippen LogP contribution in [0.2, 0.25) is 0 Å². The Hall–Kier alpha value is -4.32. The number of anilines is 1. The molecule has 0 amide bonds. The molecule has 2 aliphatic rings. The van der Waals surface area contributed by atoms with Crippen molar-refractivity contribution in [3.63, 3.8) is 0 Å². The Kier molecular flexibility index (Phi) is 6.34. The van der Waals surface area contributed by atoms with E-state index in [4.69, 9.17) is 9.47 Å². The van der Waals surface area contributed by atoms with Crippen molar-refractivity contribution in [3.8, 4) is 11.5 Å². The van der Waals surface area contributed by atoms with Crippen molar-refractivity contribution in [2.75, 3.05) is 19.1 Å². The zero-order chi connectivity index (χ0) is 25.2. The van der Waals surface area contributed by atoms with E-state index < -0.39 is 5.92 Å². The van der Waals surface area contributed by atoms with Gasteiger partial charge in [-0.1, -0.05) is 48.5 Å². The topological polar surface area (TPSA) is 82.9 Å². The van der Waals surface area contributed by atoms with Gasteiger partial charge in [0.2, 0.25) is 0 Å². The van der Waals surface area contributed by atoms with Crippen LogP contribution in [-0.4, -0.2) is 30.9 Å². The van der Waals surface area contributed by atoms with Gasteiger partial charge < -0.3 is 14.6 Å². The lowest BCUT2D eigenvalue weighted by Crippen LogP contribution is -2.42. The lowest BCUT2D eigenvalue weighted by Gasteiger charge is -2.42. The third-order valence-electron chi connectivity index (χ3n) is 6.82. The van der Waals surface area contributed by atoms with E-state index >= 15 is 0 Å². The lowest BCUT2D eigenvalue weighted by atomic mass is 9.73. The summed E-state index contributed by atoms with van der Waals surface area (Å²) in [6.07, 6.45) is 1.78. The molecule has 0 fully saturated rings. The van der Waals surface area contributed by atoms with E-state index in [0.29, 0.717) is 53.0 Å². The molecule has 0 radical (unpaired) electrons. The van der Waals surface area contributed by atoms with Gasteiger partial charge in [-0.05, 0) is 43.2 Å². The Bertz CT molecular complexity index is 1380. The number of allylic oxidation sites excluding steroid dienone is 2. The van der Waals surface area contributed by atoms with Gasteiger partial charge in [-0.3, -0.25) is 15.1 Å². The van der Waals surface area contributed by atoms with E-state index in [1.54, 1.807) is 38.5 Å². The molecule has 5 rings (SSSR count). The monoisotopic (exact) mass is 480 g/mol. The summed E-state index contributed by atoms with van der Waals surface area (Å²) in [7, 11) is 3.16. The number of ketones is 1. The molecule has 0 saturated carbocycles. The summed E-state index contributed by atoms with van der Waals surface area (Å²) in [6, 6.07) is 24.1. The summed E-state index contributed by atoms with van der Waals surface area (Å²) >= 11 is 0. The van der Waals surface area contributed by atoms with Crippen molar-refractivity contribution >= 4 is 23.1 Å². The average Bonchev–Trinajstić information content (AvgIpc) is 2.92. The van der Waals surface area contributed by atoms with Crippen molar-refractivity contribution in [3.05, 3.63) is 107 Å². The quantitative estimate of drug-likeness (QED) is 0.421. The van der Waals surface area contributed by atoms with Gasteiger partial charge in [-0.2, -0.15) is 0 Å². The molecular weight excluding hydrogens is 452 g/mol. The maximum atomic E-state index is 13.6. The molecule has 1 heterocycles. The van der Waals surface area contributed by atoms with Gasteiger partial charge in [0.1, 0.15) is 23.1 Å². The summed E-state index contributed by atoms with van der Waals surface area (Å²) < 4.78 is 11.2. The molecule has 0 saturated heterocycles. The van der Waals surface area contributed by atoms with Gasteiger partial charge in [0.15, 0.2) is 5.78 Å². The highest BCUT2D eigenvalue weighted by Gasteiger charge is 2.44. The molecule has 2 N–H and O–H groups in total. The number of para-hydroxylation sites is 1. The predicted molar refractivity (Wildman–Crippen MR) is 141 cm³/mol. The van der Waals surface area contributed by atoms with Crippen molar-refractivity contribution in [2.24, 2.45) is 0 Å². The highest BCUT2D eigenvalue weighted by molar-refractivity contribution is 6.19. The van der Waals surface area contributed by atoms with Crippen LogP contribution in [0.1, 0.15) is 36.3 Å². The van der Waals surface area contributed by atoms with Crippen molar-refractivity contribution in [1.29, 1.82) is 5.41 Å². The first kappa shape index (κ1) is 23.4. The summed E-state index contributed by atoms with van der Waals surface area (Å²) in [6.45, 7) is 0. The van der Waals surface area contributed by atoms with Crippen LogP contribution in [-0.2, 0) is 4.79 Å². The van der Waals surface area contributed by atoms with Crippen LogP contribution in [0.15, 0.2) is 95.7 Å². The average molecular weight is 481 g/mol. The lowest BCUT2D eigenvalue weighted by molar-refractivity contribution is -0.116. The largest absolute Gasteiger partial charge is 0.507 e. The van der Waals surface area contributed by atoms with Gasteiger partial charge in [0, 0.05) is 40.1 Å². The second kappa shape index (κ2) is 9.74. The molecule has 6 nitrogen and oxygen atoms in total. The zero-order valence-corrected chi connectivity index (χ0v) is 20.3. The van der Waals surface area contributed by atoms with Crippen LogP contribution in [0, 0.1) is 5.41 Å². The number of Topliss-reactive ketones (excluding diaryl/α,β-unsaturated/α-hetero) is 1. The number of carbonyl (C=O) groups excluding carboxylic acids is 1. The van der Waals surface area contributed by atoms with Crippen LogP contribution in [0.25, 0.3) is 5.76 Å². The molecule has 0 spiro atoms. The van der Waals surface area contributed by atoms with Gasteiger partial charge in [0.25, 0.3) is 0 Å². The third kappa shape index (κ3) is 3.94. The van der Waals surface area contributed by atoms with Gasteiger partial charge in [0.05, 0.1) is 20.1 Å². The van der Waals surface area contributed by atoms with E-state index in [-0.39, 0.29) is 17.4 Å². The first-order valence-electron chi connectivity index (χ1n) is 12.0. The fraction of sp³-hybridized carbons (Fsp3) is 0.200. The molecular formula is C30H28N2O4. The highest BCUT2D eigenvalue weighted by Crippen LogP contribution is 2.50.